The van der Waals surface area contributed by atoms with Crippen molar-refractivity contribution in [1.29, 1.82) is 0 Å². The van der Waals surface area contributed by atoms with E-state index in [4.69, 9.17) is 9.47 Å². The van der Waals surface area contributed by atoms with Gasteiger partial charge in [0.15, 0.2) is 11.5 Å². The Kier molecular flexibility index (Phi) is 7.86. The Morgan fingerprint density at radius 2 is 1.48 bits per heavy atom. The number of hydrogen-bond donors (Lipinski definition) is 2. The Labute approximate surface area is 194 Å². The summed E-state index contributed by atoms with van der Waals surface area (Å²) in [4.78, 5) is 24.9. The van der Waals surface area contributed by atoms with Crippen LogP contribution in [-0.4, -0.2) is 33.1 Å². The average molecular weight is 445 g/mol. The minimum absolute atomic E-state index is 0.148. The fraction of sp³-hybridized carbons (Fsp3) is 0.185. The molecular weight excluding hydrogens is 416 g/mol. The third kappa shape index (κ3) is 6.01. The van der Waals surface area contributed by atoms with Crippen molar-refractivity contribution in [3.05, 3.63) is 94.5 Å². The Balaban J connectivity index is 1.86. The van der Waals surface area contributed by atoms with E-state index >= 15 is 0 Å². The Hall–Kier alpha value is -4.06. The highest BCUT2D eigenvalue weighted by molar-refractivity contribution is 6.24. The molecule has 6 nitrogen and oxygen atoms in total. The van der Waals surface area contributed by atoms with Crippen molar-refractivity contribution >= 4 is 23.5 Å². The lowest BCUT2D eigenvalue weighted by Gasteiger charge is -2.12. The predicted octanol–water partition coefficient (Wildman–Crippen LogP) is 4.23. The molecule has 0 aliphatic rings. The molecule has 3 rings (SSSR count). The molecular formula is C27H28N2O4. The van der Waals surface area contributed by atoms with Crippen molar-refractivity contribution in [2.24, 2.45) is 0 Å². The van der Waals surface area contributed by atoms with E-state index in [-0.39, 0.29) is 11.8 Å². The molecule has 3 aromatic rings. The van der Waals surface area contributed by atoms with E-state index < -0.39 is 0 Å². The van der Waals surface area contributed by atoms with Crippen LogP contribution < -0.4 is 20.1 Å². The first-order chi connectivity index (χ1) is 15.9. The molecule has 33 heavy (non-hydrogen) atoms. The van der Waals surface area contributed by atoms with E-state index in [9.17, 15) is 9.59 Å². The fourth-order valence-corrected chi connectivity index (χ4v) is 3.32. The molecule has 0 aromatic heterocycles. The lowest BCUT2D eigenvalue weighted by Crippen LogP contribution is -2.24. The standard InChI is InChI=1S/C27H28N2O4/c1-18-5-10-21(11-6-18)23(15-20-9-14-24(32-3)25(16-20)33-4)27(31)29-17-19-7-12-22(13-8-19)26(30)28-2/h5-16H,17H2,1-4H3,(H,28,30)(H,29,31)/b23-15+. The van der Waals surface area contributed by atoms with Gasteiger partial charge in [-0.1, -0.05) is 48.0 Å². The zero-order valence-corrected chi connectivity index (χ0v) is 19.3. The van der Waals surface area contributed by atoms with E-state index in [2.05, 4.69) is 10.6 Å². The highest BCUT2D eigenvalue weighted by Gasteiger charge is 2.14. The fourth-order valence-electron chi connectivity index (χ4n) is 3.32. The van der Waals surface area contributed by atoms with Crippen LogP contribution in [0.1, 0.15) is 32.6 Å². The van der Waals surface area contributed by atoms with Crippen LogP contribution in [0.5, 0.6) is 11.5 Å². The molecule has 0 saturated carbocycles. The van der Waals surface area contributed by atoms with E-state index in [1.807, 2.05) is 67.6 Å². The number of nitrogens with one attached hydrogen (secondary N) is 2. The van der Waals surface area contributed by atoms with Gasteiger partial charge in [0.05, 0.1) is 14.2 Å². The highest BCUT2D eigenvalue weighted by Crippen LogP contribution is 2.29. The molecule has 0 heterocycles. The summed E-state index contributed by atoms with van der Waals surface area (Å²) >= 11 is 0. The number of hydrogen-bond acceptors (Lipinski definition) is 4. The maximum atomic E-state index is 13.2. The van der Waals surface area contributed by atoms with Crippen LogP contribution in [0.3, 0.4) is 0 Å². The number of carbonyl (C=O) groups excluding carboxylic acids is 2. The molecule has 0 saturated heterocycles. The van der Waals surface area contributed by atoms with Crippen molar-refractivity contribution in [2.75, 3.05) is 21.3 Å². The summed E-state index contributed by atoms with van der Waals surface area (Å²) in [5.74, 6) is 0.858. The third-order valence-corrected chi connectivity index (χ3v) is 5.22. The Morgan fingerprint density at radius 1 is 0.848 bits per heavy atom. The summed E-state index contributed by atoms with van der Waals surface area (Å²) in [5.41, 5.74) is 4.73. The molecule has 2 N–H and O–H groups in total. The van der Waals surface area contributed by atoms with Gasteiger partial charge in [-0.2, -0.15) is 0 Å². The number of carbonyl (C=O) groups is 2. The highest BCUT2D eigenvalue weighted by atomic mass is 16.5. The zero-order valence-electron chi connectivity index (χ0n) is 19.3. The first-order valence-electron chi connectivity index (χ1n) is 10.5. The Bertz CT molecular complexity index is 1150. The second-order valence-electron chi connectivity index (χ2n) is 7.50. The Morgan fingerprint density at radius 3 is 2.09 bits per heavy atom. The largest absolute Gasteiger partial charge is 0.493 e. The molecule has 0 spiro atoms. The number of rotatable bonds is 8. The van der Waals surface area contributed by atoms with Gasteiger partial charge < -0.3 is 20.1 Å². The second kappa shape index (κ2) is 11.0. The maximum absolute atomic E-state index is 13.2. The second-order valence-corrected chi connectivity index (χ2v) is 7.50. The molecule has 0 fully saturated rings. The van der Waals surface area contributed by atoms with Crippen molar-refractivity contribution in [3.63, 3.8) is 0 Å². The van der Waals surface area contributed by atoms with Gasteiger partial charge in [0.2, 0.25) is 0 Å². The summed E-state index contributed by atoms with van der Waals surface area (Å²) in [6, 6.07) is 20.5. The lowest BCUT2D eigenvalue weighted by molar-refractivity contribution is -0.115. The molecule has 6 heteroatoms. The third-order valence-electron chi connectivity index (χ3n) is 5.22. The molecule has 3 aromatic carbocycles. The number of amides is 2. The lowest BCUT2D eigenvalue weighted by atomic mass is 10.0. The van der Waals surface area contributed by atoms with Crippen LogP contribution in [-0.2, 0) is 11.3 Å². The van der Waals surface area contributed by atoms with E-state index in [1.165, 1.54) is 0 Å². The molecule has 0 unspecified atom stereocenters. The first kappa shape index (κ1) is 23.6. The predicted molar refractivity (Wildman–Crippen MR) is 130 cm³/mol. The van der Waals surface area contributed by atoms with Crippen LogP contribution >= 0.6 is 0 Å². The van der Waals surface area contributed by atoms with Crippen molar-refractivity contribution in [2.45, 2.75) is 13.5 Å². The van der Waals surface area contributed by atoms with Crippen LogP contribution in [0.25, 0.3) is 11.6 Å². The smallest absolute Gasteiger partial charge is 0.252 e. The quantitative estimate of drug-likeness (QED) is 0.403. The minimum Gasteiger partial charge on any atom is -0.493 e. The normalized spacial score (nSPS) is 11.0. The van der Waals surface area contributed by atoms with Crippen molar-refractivity contribution < 1.29 is 19.1 Å². The summed E-state index contributed by atoms with van der Waals surface area (Å²) in [6.45, 7) is 2.34. The van der Waals surface area contributed by atoms with Crippen molar-refractivity contribution in [3.8, 4) is 11.5 Å². The van der Waals surface area contributed by atoms with Gasteiger partial charge in [-0.3, -0.25) is 9.59 Å². The van der Waals surface area contributed by atoms with E-state index in [1.54, 1.807) is 33.4 Å². The minimum atomic E-state index is -0.205. The summed E-state index contributed by atoms with van der Waals surface area (Å²) < 4.78 is 10.7. The van der Waals surface area contributed by atoms with Gasteiger partial charge in [0.1, 0.15) is 0 Å². The van der Waals surface area contributed by atoms with Crippen LogP contribution in [0.4, 0.5) is 0 Å². The monoisotopic (exact) mass is 444 g/mol. The van der Waals surface area contributed by atoms with Gasteiger partial charge in [-0.05, 0) is 54.0 Å². The molecule has 0 bridgehead atoms. The van der Waals surface area contributed by atoms with Crippen molar-refractivity contribution in [1.82, 2.24) is 10.6 Å². The zero-order chi connectivity index (χ0) is 23.8. The number of ether oxygens (including phenoxy) is 2. The van der Waals surface area contributed by atoms with E-state index in [0.29, 0.717) is 29.2 Å². The maximum Gasteiger partial charge on any atom is 0.252 e. The molecule has 0 aliphatic carbocycles. The molecule has 0 aliphatic heterocycles. The van der Waals surface area contributed by atoms with Crippen LogP contribution in [0.2, 0.25) is 0 Å². The molecule has 0 atom stereocenters. The van der Waals surface area contributed by atoms with Gasteiger partial charge in [0.25, 0.3) is 11.8 Å². The number of benzene rings is 3. The van der Waals surface area contributed by atoms with Crippen LogP contribution in [0.15, 0.2) is 66.7 Å². The first-order valence-corrected chi connectivity index (χ1v) is 10.5. The van der Waals surface area contributed by atoms with Gasteiger partial charge in [-0.15, -0.1) is 0 Å². The van der Waals surface area contributed by atoms with Gasteiger partial charge >= 0.3 is 0 Å². The van der Waals surface area contributed by atoms with Crippen LogP contribution in [0, 0.1) is 6.92 Å². The number of aryl methyl sites for hydroxylation is 1. The molecule has 2 amide bonds. The average Bonchev–Trinajstić information content (AvgIpc) is 2.86. The summed E-state index contributed by atoms with van der Waals surface area (Å²) in [7, 11) is 4.75. The molecule has 170 valence electrons. The summed E-state index contributed by atoms with van der Waals surface area (Å²) in [6.07, 6.45) is 1.83. The van der Waals surface area contributed by atoms with Gasteiger partial charge in [0, 0.05) is 24.7 Å². The van der Waals surface area contributed by atoms with E-state index in [0.717, 1.165) is 22.3 Å². The SMILES string of the molecule is CNC(=O)c1ccc(CNC(=O)/C(=C/c2ccc(OC)c(OC)c2)c2ccc(C)cc2)cc1. The summed E-state index contributed by atoms with van der Waals surface area (Å²) in [5, 5.41) is 5.58. The molecule has 0 radical (unpaired) electrons. The number of methoxy groups -OCH3 is 2. The van der Waals surface area contributed by atoms with Gasteiger partial charge in [-0.25, -0.2) is 0 Å². The topological polar surface area (TPSA) is 76.7 Å².